The number of nitrogens with one attached hydrogen (secondary N) is 1. The van der Waals surface area contributed by atoms with Crippen molar-refractivity contribution in [2.45, 2.75) is 9.79 Å². The topological polar surface area (TPSA) is 73.9 Å². The average Bonchev–Trinajstić information content (AvgIpc) is 3.25. The first-order valence-corrected chi connectivity index (χ1v) is 10.4. The Morgan fingerprint density at radius 1 is 1.00 bits per heavy atom. The third-order valence-corrected chi connectivity index (χ3v) is 6.21. The Labute approximate surface area is 175 Å². The number of carbonyl (C=O) groups is 2. The number of hydrogen-bond acceptors (Lipinski definition) is 7. The van der Waals surface area contributed by atoms with Crippen molar-refractivity contribution in [3.8, 4) is 11.5 Å². The molecule has 2 heterocycles. The van der Waals surface area contributed by atoms with Crippen LogP contribution in [0.2, 0.25) is 0 Å². The highest BCUT2D eigenvalue weighted by atomic mass is 32.2. The molecule has 6 nitrogen and oxygen atoms in total. The van der Waals surface area contributed by atoms with Crippen molar-refractivity contribution in [1.82, 2.24) is 0 Å². The van der Waals surface area contributed by atoms with Crippen LogP contribution < -0.4 is 14.8 Å². The van der Waals surface area contributed by atoms with Crippen LogP contribution in [0.3, 0.4) is 0 Å². The first-order valence-electron chi connectivity index (χ1n) is 8.80. The molecule has 0 atom stereocenters. The molecular formula is C21H17NO5S2. The minimum Gasteiger partial charge on any atom is -0.486 e. The number of amides is 1. The lowest BCUT2D eigenvalue weighted by Crippen LogP contribution is -2.17. The summed E-state index contributed by atoms with van der Waals surface area (Å²) in [4.78, 5) is 27.1. The van der Waals surface area contributed by atoms with Gasteiger partial charge in [-0.3, -0.25) is 4.79 Å². The van der Waals surface area contributed by atoms with Crippen LogP contribution in [0.5, 0.6) is 11.5 Å². The maximum absolute atomic E-state index is 12.8. The van der Waals surface area contributed by atoms with Crippen LogP contribution in [0, 0.1) is 0 Å². The number of anilines is 1. The Kier molecular flexibility index (Phi) is 5.73. The number of ether oxygens (including phenoxy) is 3. The van der Waals surface area contributed by atoms with Crippen molar-refractivity contribution in [2.75, 3.05) is 25.6 Å². The van der Waals surface area contributed by atoms with E-state index in [1.165, 1.54) is 18.9 Å². The highest BCUT2D eigenvalue weighted by Gasteiger charge is 2.20. The Balaban J connectivity index is 1.63. The van der Waals surface area contributed by atoms with Crippen LogP contribution in [-0.2, 0) is 4.74 Å². The zero-order valence-corrected chi connectivity index (χ0v) is 17.1. The Bertz CT molecular complexity index is 1050. The van der Waals surface area contributed by atoms with Crippen molar-refractivity contribution in [1.29, 1.82) is 0 Å². The average molecular weight is 428 g/mol. The van der Waals surface area contributed by atoms with Gasteiger partial charge in [-0.25, -0.2) is 4.79 Å². The highest BCUT2D eigenvalue weighted by molar-refractivity contribution is 7.99. The molecule has 4 rings (SSSR count). The molecule has 148 valence electrons. The van der Waals surface area contributed by atoms with Gasteiger partial charge in [-0.05, 0) is 24.3 Å². The van der Waals surface area contributed by atoms with E-state index in [2.05, 4.69) is 5.32 Å². The number of esters is 1. The van der Waals surface area contributed by atoms with Gasteiger partial charge in [-0.15, -0.1) is 11.3 Å². The summed E-state index contributed by atoms with van der Waals surface area (Å²) in [7, 11) is 1.31. The van der Waals surface area contributed by atoms with E-state index in [0.29, 0.717) is 40.2 Å². The molecule has 1 N–H and O–H groups in total. The number of thiophene rings is 1. The van der Waals surface area contributed by atoms with Gasteiger partial charge in [0.05, 0.1) is 17.7 Å². The molecule has 1 aliphatic heterocycles. The van der Waals surface area contributed by atoms with Gasteiger partial charge in [0.15, 0.2) is 11.5 Å². The Morgan fingerprint density at radius 3 is 2.41 bits per heavy atom. The molecule has 8 heteroatoms. The van der Waals surface area contributed by atoms with Crippen molar-refractivity contribution >= 4 is 40.7 Å². The highest BCUT2D eigenvalue weighted by Crippen LogP contribution is 2.42. The fourth-order valence-electron chi connectivity index (χ4n) is 2.72. The van der Waals surface area contributed by atoms with Crippen molar-refractivity contribution < 1.29 is 23.8 Å². The summed E-state index contributed by atoms with van der Waals surface area (Å²) in [5.41, 5.74) is 0.612. The molecule has 0 bridgehead atoms. The van der Waals surface area contributed by atoms with Gasteiger partial charge in [0.1, 0.15) is 18.1 Å². The van der Waals surface area contributed by atoms with Crippen molar-refractivity contribution in [3.05, 3.63) is 64.4 Å². The number of methoxy groups -OCH3 is 1. The van der Waals surface area contributed by atoms with E-state index in [1.807, 2.05) is 36.4 Å². The minimum absolute atomic E-state index is 0.309. The van der Waals surface area contributed by atoms with E-state index in [0.717, 1.165) is 21.1 Å². The van der Waals surface area contributed by atoms with Gasteiger partial charge in [0, 0.05) is 21.9 Å². The summed E-state index contributed by atoms with van der Waals surface area (Å²) >= 11 is 2.60. The smallest absolute Gasteiger partial charge is 0.348 e. The van der Waals surface area contributed by atoms with Crippen LogP contribution in [0.4, 0.5) is 5.69 Å². The molecular weight excluding hydrogens is 410 g/mol. The van der Waals surface area contributed by atoms with Gasteiger partial charge in [-0.1, -0.05) is 30.0 Å². The van der Waals surface area contributed by atoms with E-state index < -0.39 is 5.97 Å². The molecule has 1 aliphatic rings. The molecule has 0 saturated heterocycles. The monoisotopic (exact) mass is 427 g/mol. The second-order valence-electron chi connectivity index (χ2n) is 6.02. The SMILES string of the molecule is COC(=O)c1ccc(C(=O)Nc2cc3c(cc2Sc2ccccc2)OCCO3)s1. The summed E-state index contributed by atoms with van der Waals surface area (Å²) in [5, 5.41) is 2.93. The lowest BCUT2D eigenvalue weighted by atomic mass is 10.2. The number of rotatable bonds is 5. The number of hydrogen-bond donors (Lipinski definition) is 1. The van der Waals surface area contributed by atoms with Crippen LogP contribution in [0.1, 0.15) is 19.3 Å². The summed E-state index contributed by atoms with van der Waals surface area (Å²) in [6, 6.07) is 16.7. The third kappa shape index (κ3) is 4.38. The second-order valence-corrected chi connectivity index (χ2v) is 8.22. The molecule has 0 radical (unpaired) electrons. The largest absolute Gasteiger partial charge is 0.486 e. The molecule has 0 saturated carbocycles. The molecule has 0 spiro atoms. The molecule has 0 unspecified atom stereocenters. The molecule has 29 heavy (non-hydrogen) atoms. The third-order valence-electron chi connectivity index (χ3n) is 4.08. The quantitative estimate of drug-likeness (QED) is 0.595. The predicted octanol–water partition coefficient (Wildman–Crippen LogP) is 4.71. The van der Waals surface area contributed by atoms with E-state index in [-0.39, 0.29) is 5.91 Å². The minimum atomic E-state index is -0.464. The van der Waals surface area contributed by atoms with Crippen LogP contribution >= 0.6 is 23.1 Å². The molecule has 0 fully saturated rings. The van der Waals surface area contributed by atoms with Crippen molar-refractivity contribution in [2.24, 2.45) is 0 Å². The van der Waals surface area contributed by atoms with Crippen LogP contribution in [-0.4, -0.2) is 32.2 Å². The standard InChI is InChI=1S/C21H17NO5S2/c1-25-21(24)18-8-7-17(29-18)20(23)22-14-11-15-16(27-10-9-26-15)12-19(14)28-13-5-3-2-4-6-13/h2-8,11-12H,9-10H2,1H3,(H,22,23). The Morgan fingerprint density at radius 2 is 1.69 bits per heavy atom. The van der Waals surface area contributed by atoms with Gasteiger partial charge < -0.3 is 19.5 Å². The molecule has 3 aromatic rings. The molecule has 0 aliphatic carbocycles. The molecule has 2 aromatic carbocycles. The molecule has 1 aromatic heterocycles. The maximum Gasteiger partial charge on any atom is 0.348 e. The zero-order chi connectivity index (χ0) is 20.2. The number of carbonyl (C=O) groups excluding carboxylic acids is 2. The van der Waals surface area contributed by atoms with E-state index in [9.17, 15) is 9.59 Å². The summed E-state index contributed by atoms with van der Waals surface area (Å²) < 4.78 is 16.1. The fourth-order valence-corrected chi connectivity index (χ4v) is 4.47. The van der Waals surface area contributed by atoms with Gasteiger partial charge in [0.25, 0.3) is 5.91 Å². The maximum atomic E-state index is 12.8. The van der Waals surface area contributed by atoms with E-state index in [4.69, 9.17) is 14.2 Å². The number of fused-ring (bicyclic) bond motifs is 1. The first kappa shape index (κ1) is 19.4. The van der Waals surface area contributed by atoms with Crippen molar-refractivity contribution in [3.63, 3.8) is 0 Å². The lowest BCUT2D eigenvalue weighted by molar-refractivity contribution is 0.0606. The van der Waals surface area contributed by atoms with Gasteiger partial charge in [-0.2, -0.15) is 0 Å². The zero-order valence-electron chi connectivity index (χ0n) is 15.5. The number of benzene rings is 2. The van der Waals surface area contributed by atoms with E-state index >= 15 is 0 Å². The van der Waals surface area contributed by atoms with Gasteiger partial charge >= 0.3 is 5.97 Å². The van der Waals surface area contributed by atoms with Gasteiger partial charge in [0.2, 0.25) is 0 Å². The normalized spacial score (nSPS) is 12.3. The summed E-state index contributed by atoms with van der Waals surface area (Å²) in [6.07, 6.45) is 0. The van der Waals surface area contributed by atoms with Crippen LogP contribution in [0.25, 0.3) is 0 Å². The summed E-state index contributed by atoms with van der Waals surface area (Å²) in [6.45, 7) is 0.943. The second kappa shape index (κ2) is 8.59. The van der Waals surface area contributed by atoms with E-state index in [1.54, 1.807) is 18.2 Å². The Hall–Kier alpha value is -2.97. The predicted molar refractivity (Wildman–Crippen MR) is 112 cm³/mol. The summed E-state index contributed by atoms with van der Waals surface area (Å²) in [5.74, 6) is 0.465. The van der Waals surface area contributed by atoms with Crippen LogP contribution in [0.15, 0.2) is 64.4 Å². The lowest BCUT2D eigenvalue weighted by Gasteiger charge is -2.21. The fraction of sp³-hybridized carbons (Fsp3) is 0.143. The molecule has 1 amide bonds. The first-order chi connectivity index (χ1) is 14.1.